The molecule has 3 aromatic heterocycles. The first-order chi connectivity index (χ1) is 25.3. The van der Waals surface area contributed by atoms with Crippen LogP contribution in [-0.4, -0.2) is 0 Å². The molecule has 11 rings (SSSR count). The molecule has 1 fully saturated rings. The minimum atomic E-state index is -0.249. The number of para-hydroxylation sites is 5. The number of benzene rings is 7. The van der Waals surface area contributed by atoms with E-state index in [-0.39, 0.29) is 18.5 Å². The second kappa shape index (κ2) is 11.2. The molecule has 0 amide bonds. The van der Waals surface area contributed by atoms with Crippen molar-refractivity contribution < 1.29 is 13.3 Å². The van der Waals surface area contributed by atoms with Gasteiger partial charge in [0.2, 0.25) is 0 Å². The summed E-state index contributed by atoms with van der Waals surface area (Å²) in [5, 5.41) is 18.2. The van der Waals surface area contributed by atoms with Crippen molar-refractivity contribution in [2.24, 2.45) is 0 Å². The second-order valence-electron chi connectivity index (χ2n) is 13.3. The van der Waals surface area contributed by atoms with E-state index in [1.54, 1.807) is 0 Å². The number of hydrogen-bond donors (Lipinski definition) is 3. The Morgan fingerprint density at radius 3 is 1.63 bits per heavy atom. The van der Waals surface area contributed by atoms with Gasteiger partial charge in [0.15, 0.2) is 0 Å². The van der Waals surface area contributed by atoms with Gasteiger partial charge in [0, 0.05) is 49.0 Å². The fourth-order valence-electron chi connectivity index (χ4n) is 8.03. The maximum absolute atomic E-state index is 6.94. The van der Waals surface area contributed by atoms with Crippen LogP contribution in [-0.2, 0) is 0 Å². The fraction of sp³-hybridized carbons (Fsp3) is 0.0667. The number of hydrogen-bond acceptors (Lipinski definition) is 6. The molecule has 51 heavy (non-hydrogen) atoms. The highest BCUT2D eigenvalue weighted by molar-refractivity contribution is 6.12. The van der Waals surface area contributed by atoms with Gasteiger partial charge in [-0.15, -0.1) is 0 Å². The lowest BCUT2D eigenvalue weighted by atomic mass is 9.99. The lowest BCUT2D eigenvalue weighted by Gasteiger charge is -2.39. The second-order valence-corrected chi connectivity index (χ2v) is 13.3. The van der Waals surface area contributed by atoms with Crippen LogP contribution in [0, 0.1) is 0 Å². The Hall–Kier alpha value is -6.18. The topological polar surface area (TPSA) is 75.5 Å². The number of fused-ring (bicyclic) bond motifs is 9. The molecule has 244 valence electrons. The molecular formula is C45H31N3O3. The van der Waals surface area contributed by atoms with Crippen LogP contribution >= 0.6 is 0 Å². The zero-order chi connectivity index (χ0) is 33.5. The van der Waals surface area contributed by atoms with E-state index >= 15 is 0 Å². The Bertz CT molecular complexity index is 2940. The smallest absolute Gasteiger partial charge is 0.143 e. The first-order valence-corrected chi connectivity index (χ1v) is 17.4. The van der Waals surface area contributed by atoms with Crippen molar-refractivity contribution in [3.05, 3.63) is 168 Å². The van der Waals surface area contributed by atoms with Crippen LogP contribution in [0.25, 0.3) is 76.9 Å². The standard InChI is InChI=1S/C45H31N3O3/c1-2-11-26(12-3-1)43-46-44(35-19-9-16-32-30-14-5-7-22-38(30)50-41(32)35)48-45(47-43)36-20-10-18-34-33-17-8-15-28(40(33)51-42(34)36)27-23-24-31-29-13-4-6-21-37(29)49-39(31)25-27/h1-25,43-48H. The third-order valence-electron chi connectivity index (χ3n) is 10.4. The summed E-state index contributed by atoms with van der Waals surface area (Å²) in [6, 6.07) is 52.6. The van der Waals surface area contributed by atoms with E-state index in [4.69, 9.17) is 13.3 Å². The summed E-state index contributed by atoms with van der Waals surface area (Å²) >= 11 is 0. The molecular weight excluding hydrogens is 631 g/mol. The monoisotopic (exact) mass is 661 g/mol. The summed E-state index contributed by atoms with van der Waals surface area (Å²) in [6.07, 6.45) is -0.620. The summed E-state index contributed by atoms with van der Waals surface area (Å²) < 4.78 is 19.7. The van der Waals surface area contributed by atoms with E-state index in [0.717, 1.165) is 93.6 Å². The minimum Gasteiger partial charge on any atom is -0.456 e. The summed E-state index contributed by atoms with van der Waals surface area (Å²) in [7, 11) is 0. The molecule has 6 heteroatoms. The van der Waals surface area contributed by atoms with E-state index in [1.165, 1.54) is 0 Å². The molecule has 1 saturated heterocycles. The third kappa shape index (κ3) is 4.48. The predicted molar refractivity (Wildman–Crippen MR) is 204 cm³/mol. The maximum Gasteiger partial charge on any atom is 0.143 e. The molecule has 3 unspecified atom stereocenters. The van der Waals surface area contributed by atoms with Gasteiger partial charge in [0.25, 0.3) is 0 Å². The Balaban J connectivity index is 1.05. The molecule has 0 spiro atoms. The van der Waals surface area contributed by atoms with Crippen molar-refractivity contribution in [1.82, 2.24) is 16.0 Å². The van der Waals surface area contributed by atoms with Crippen LogP contribution in [0.4, 0.5) is 0 Å². The zero-order valence-electron chi connectivity index (χ0n) is 27.4. The van der Waals surface area contributed by atoms with Gasteiger partial charge in [-0.1, -0.05) is 127 Å². The molecule has 0 saturated carbocycles. The lowest BCUT2D eigenvalue weighted by molar-refractivity contribution is 0.203. The van der Waals surface area contributed by atoms with Gasteiger partial charge < -0.3 is 13.3 Å². The molecule has 6 nitrogen and oxygen atoms in total. The van der Waals surface area contributed by atoms with Gasteiger partial charge in [-0.25, -0.2) is 0 Å². The molecule has 0 aliphatic carbocycles. The number of nitrogens with one attached hydrogen (secondary N) is 3. The zero-order valence-corrected chi connectivity index (χ0v) is 27.4. The maximum atomic E-state index is 6.94. The third-order valence-corrected chi connectivity index (χ3v) is 10.4. The van der Waals surface area contributed by atoms with Crippen LogP contribution in [0.1, 0.15) is 35.2 Å². The van der Waals surface area contributed by atoms with Crippen LogP contribution in [0.15, 0.2) is 165 Å². The van der Waals surface area contributed by atoms with E-state index in [1.807, 2.05) is 36.4 Å². The van der Waals surface area contributed by atoms with Crippen molar-refractivity contribution in [3.8, 4) is 11.1 Å². The van der Waals surface area contributed by atoms with Crippen molar-refractivity contribution in [2.75, 3.05) is 0 Å². The Labute approximate surface area is 292 Å². The number of rotatable bonds is 4. The van der Waals surface area contributed by atoms with Gasteiger partial charge >= 0.3 is 0 Å². The summed E-state index contributed by atoms with van der Waals surface area (Å²) in [4.78, 5) is 0. The van der Waals surface area contributed by atoms with Crippen LogP contribution in [0.2, 0.25) is 0 Å². The van der Waals surface area contributed by atoms with Crippen molar-refractivity contribution in [3.63, 3.8) is 0 Å². The highest BCUT2D eigenvalue weighted by Gasteiger charge is 2.33. The van der Waals surface area contributed by atoms with Crippen molar-refractivity contribution in [1.29, 1.82) is 0 Å². The average molecular weight is 662 g/mol. The highest BCUT2D eigenvalue weighted by Crippen LogP contribution is 2.41. The largest absolute Gasteiger partial charge is 0.456 e. The first kappa shape index (κ1) is 28.6. The van der Waals surface area contributed by atoms with Crippen LogP contribution in [0.3, 0.4) is 0 Å². The van der Waals surface area contributed by atoms with E-state index in [0.29, 0.717) is 0 Å². The van der Waals surface area contributed by atoms with Gasteiger partial charge in [-0.05, 0) is 35.4 Å². The fourth-order valence-corrected chi connectivity index (χ4v) is 8.03. The molecule has 4 heterocycles. The molecule has 7 aromatic carbocycles. The Kier molecular flexibility index (Phi) is 6.27. The average Bonchev–Trinajstić information content (AvgIpc) is 3.89. The van der Waals surface area contributed by atoms with Gasteiger partial charge in [-0.3, -0.25) is 16.0 Å². The molecule has 1 aliphatic heterocycles. The van der Waals surface area contributed by atoms with Gasteiger partial charge in [0.1, 0.15) is 33.5 Å². The van der Waals surface area contributed by atoms with E-state index < -0.39 is 0 Å². The quantitative estimate of drug-likeness (QED) is 0.174. The lowest BCUT2D eigenvalue weighted by Crippen LogP contribution is -2.54. The molecule has 10 aromatic rings. The highest BCUT2D eigenvalue weighted by atomic mass is 16.3. The molecule has 0 bridgehead atoms. The van der Waals surface area contributed by atoms with E-state index in [9.17, 15) is 0 Å². The van der Waals surface area contributed by atoms with Gasteiger partial charge in [0.05, 0.1) is 18.5 Å². The SMILES string of the molecule is c1ccc(C2NC(c3cccc4c3oc3ccccc34)NC(c3cccc4c3oc3c(-c5ccc6c(c5)oc5ccccc56)cccc34)N2)cc1. The minimum absolute atomic E-state index is 0.146. The van der Waals surface area contributed by atoms with Crippen molar-refractivity contribution in [2.45, 2.75) is 18.5 Å². The van der Waals surface area contributed by atoms with Crippen LogP contribution in [0.5, 0.6) is 0 Å². The Morgan fingerprint density at radius 1 is 0.353 bits per heavy atom. The van der Waals surface area contributed by atoms with E-state index in [2.05, 4.69) is 131 Å². The summed E-state index contributed by atoms with van der Waals surface area (Å²) in [5.41, 5.74) is 10.5. The predicted octanol–water partition coefficient (Wildman–Crippen LogP) is 11.2. The molecule has 3 atom stereocenters. The van der Waals surface area contributed by atoms with Crippen LogP contribution < -0.4 is 16.0 Å². The van der Waals surface area contributed by atoms with Gasteiger partial charge in [-0.2, -0.15) is 0 Å². The molecule has 1 aliphatic rings. The number of furan rings is 3. The summed E-state index contributed by atoms with van der Waals surface area (Å²) in [5.74, 6) is 0. The Morgan fingerprint density at radius 2 is 0.882 bits per heavy atom. The normalized spacial score (nSPS) is 18.2. The first-order valence-electron chi connectivity index (χ1n) is 17.4. The summed E-state index contributed by atoms with van der Waals surface area (Å²) in [6.45, 7) is 0. The van der Waals surface area contributed by atoms with Crippen molar-refractivity contribution >= 4 is 65.8 Å². The molecule has 0 radical (unpaired) electrons. The molecule has 3 N–H and O–H groups in total.